The van der Waals surface area contributed by atoms with Crippen LogP contribution in [0.3, 0.4) is 0 Å². The molecule has 0 radical (unpaired) electrons. The number of nitrogens with one attached hydrogen (secondary N) is 1. The van der Waals surface area contributed by atoms with E-state index in [2.05, 4.69) is 46.6 Å². The Hall–Kier alpha value is -2.33. The van der Waals surface area contributed by atoms with Crippen molar-refractivity contribution in [3.8, 4) is 5.75 Å². The van der Waals surface area contributed by atoms with Crippen molar-refractivity contribution >= 4 is 5.91 Å². The van der Waals surface area contributed by atoms with Gasteiger partial charge < -0.3 is 10.1 Å². The molecular weight excluding hydrogens is 324 g/mol. The Morgan fingerprint density at radius 2 is 1.73 bits per heavy atom. The second-order valence-corrected chi connectivity index (χ2v) is 7.27. The minimum Gasteiger partial charge on any atom is -0.493 e. The molecular formula is C22H26N2O2. The van der Waals surface area contributed by atoms with Crippen molar-refractivity contribution < 1.29 is 9.53 Å². The van der Waals surface area contributed by atoms with Gasteiger partial charge >= 0.3 is 0 Å². The van der Waals surface area contributed by atoms with E-state index in [1.54, 1.807) is 0 Å². The number of likely N-dealkylation sites (tertiary alicyclic amines) is 1. The van der Waals surface area contributed by atoms with Crippen molar-refractivity contribution in [1.29, 1.82) is 0 Å². The van der Waals surface area contributed by atoms with Crippen molar-refractivity contribution in [2.24, 2.45) is 5.92 Å². The molecule has 26 heavy (non-hydrogen) atoms. The zero-order valence-electron chi connectivity index (χ0n) is 15.1. The summed E-state index contributed by atoms with van der Waals surface area (Å²) in [5.41, 5.74) is 2.45. The summed E-state index contributed by atoms with van der Waals surface area (Å²) in [5, 5.41) is 3.27. The highest BCUT2D eigenvalue weighted by molar-refractivity contribution is 5.79. The standard InChI is InChI=1S/C22H26N2O2/c25-22(23-20-12-15-26-21-9-5-4-8-19(20)21)18-10-13-24(14-11-18)16-17-6-2-1-3-7-17/h1-9,18,20H,10-16H2,(H,23,25). The molecule has 1 saturated heterocycles. The summed E-state index contributed by atoms with van der Waals surface area (Å²) in [5.74, 6) is 1.23. The van der Waals surface area contributed by atoms with Crippen LogP contribution in [0, 0.1) is 5.92 Å². The molecule has 2 aromatic rings. The molecule has 4 rings (SSSR count). The van der Waals surface area contributed by atoms with E-state index in [9.17, 15) is 4.79 Å². The summed E-state index contributed by atoms with van der Waals surface area (Å²) >= 11 is 0. The first-order valence-electron chi connectivity index (χ1n) is 9.58. The van der Waals surface area contributed by atoms with E-state index in [-0.39, 0.29) is 17.9 Å². The number of ether oxygens (including phenoxy) is 1. The Morgan fingerprint density at radius 1 is 1.00 bits per heavy atom. The van der Waals surface area contributed by atoms with Gasteiger partial charge in [-0.2, -0.15) is 0 Å². The summed E-state index contributed by atoms with van der Waals surface area (Å²) in [7, 11) is 0. The molecule has 1 N–H and O–H groups in total. The Balaban J connectivity index is 1.30. The van der Waals surface area contributed by atoms with Gasteiger partial charge in [0, 0.05) is 24.4 Å². The van der Waals surface area contributed by atoms with Gasteiger partial charge in [0.25, 0.3) is 0 Å². The van der Waals surface area contributed by atoms with E-state index in [0.29, 0.717) is 6.61 Å². The fourth-order valence-electron chi connectivity index (χ4n) is 3.98. The molecule has 1 amide bonds. The quantitative estimate of drug-likeness (QED) is 0.917. The molecule has 0 aromatic heterocycles. The number of rotatable bonds is 4. The van der Waals surface area contributed by atoms with Crippen LogP contribution in [-0.4, -0.2) is 30.5 Å². The third kappa shape index (κ3) is 3.91. The topological polar surface area (TPSA) is 41.6 Å². The normalized spacial score (nSPS) is 20.8. The number of piperidine rings is 1. The highest BCUT2D eigenvalue weighted by atomic mass is 16.5. The molecule has 2 aliphatic rings. The van der Waals surface area contributed by atoms with Gasteiger partial charge in [-0.1, -0.05) is 48.5 Å². The molecule has 136 valence electrons. The molecule has 2 heterocycles. The lowest BCUT2D eigenvalue weighted by Gasteiger charge is -2.33. The predicted octanol–water partition coefficient (Wildman–Crippen LogP) is 3.54. The Labute approximate surface area is 155 Å². The van der Waals surface area contributed by atoms with Gasteiger partial charge in [0.2, 0.25) is 5.91 Å². The van der Waals surface area contributed by atoms with Gasteiger partial charge in [0.1, 0.15) is 5.75 Å². The minimum absolute atomic E-state index is 0.0785. The summed E-state index contributed by atoms with van der Waals surface area (Å²) in [4.78, 5) is 15.2. The monoisotopic (exact) mass is 350 g/mol. The number of nitrogens with zero attached hydrogens (tertiary/aromatic N) is 1. The van der Waals surface area contributed by atoms with Crippen LogP contribution < -0.4 is 10.1 Å². The lowest BCUT2D eigenvalue weighted by molar-refractivity contribution is -0.127. The molecule has 4 heteroatoms. The molecule has 2 aliphatic heterocycles. The van der Waals surface area contributed by atoms with Crippen molar-refractivity contribution in [2.75, 3.05) is 19.7 Å². The number of carbonyl (C=O) groups is 1. The first-order valence-corrected chi connectivity index (χ1v) is 9.58. The first-order chi connectivity index (χ1) is 12.8. The SMILES string of the molecule is O=C(NC1CCOc2ccccc21)C1CCN(Cc2ccccc2)CC1. The molecule has 0 saturated carbocycles. The smallest absolute Gasteiger partial charge is 0.223 e. The van der Waals surface area contributed by atoms with Gasteiger partial charge in [-0.05, 0) is 37.6 Å². The van der Waals surface area contributed by atoms with Crippen LogP contribution in [0.2, 0.25) is 0 Å². The predicted molar refractivity (Wildman–Crippen MR) is 102 cm³/mol. The average molecular weight is 350 g/mol. The second kappa shape index (κ2) is 7.92. The molecule has 1 atom stereocenters. The van der Waals surface area contributed by atoms with E-state index in [1.807, 2.05) is 18.2 Å². The fourth-order valence-corrected chi connectivity index (χ4v) is 3.98. The largest absolute Gasteiger partial charge is 0.493 e. The molecule has 0 spiro atoms. The minimum atomic E-state index is 0.0785. The van der Waals surface area contributed by atoms with Crippen LogP contribution in [0.5, 0.6) is 5.75 Å². The number of hydrogen-bond donors (Lipinski definition) is 1. The van der Waals surface area contributed by atoms with E-state index in [1.165, 1.54) is 5.56 Å². The Kier molecular flexibility index (Phi) is 5.21. The Bertz CT molecular complexity index is 739. The Morgan fingerprint density at radius 3 is 2.54 bits per heavy atom. The van der Waals surface area contributed by atoms with Crippen molar-refractivity contribution in [1.82, 2.24) is 10.2 Å². The van der Waals surface area contributed by atoms with Crippen LogP contribution in [0.25, 0.3) is 0 Å². The van der Waals surface area contributed by atoms with E-state index in [0.717, 1.165) is 50.2 Å². The summed E-state index contributed by atoms with van der Waals surface area (Å²) in [6, 6.07) is 18.7. The third-order valence-electron chi connectivity index (χ3n) is 5.48. The maximum absolute atomic E-state index is 12.8. The first kappa shape index (κ1) is 17.1. The lowest BCUT2D eigenvalue weighted by atomic mass is 9.93. The third-order valence-corrected chi connectivity index (χ3v) is 5.48. The van der Waals surface area contributed by atoms with Crippen molar-refractivity contribution in [2.45, 2.75) is 31.8 Å². The van der Waals surface area contributed by atoms with Gasteiger partial charge in [0.05, 0.1) is 12.6 Å². The zero-order chi connectivity index (χ0) is 17.8. The van der Waals surface area contributed by atoms with Crippen LogP contribution in [-0.2, 0) is 11.3 Å². The number of hydrogen-bond acceptors (Lipinski definition) is 3. The molecule has 1 fully saturated rings. The zero-order valence-corrected chi connectivity index (χ0v) is 15.1. The molecule has 0 aliphatic carbocycles. The number of carbonyl (C=O) groups excluding carboxylic acids is 1. The van der Waals surface area contributed by atoms with Gasteiger partial charge in [-0.25, -0.2) is 0 Å². The van der Waals surface area contributed by atoms with Crippen LogP contribution >= 0.6 is 0 Å². The fraction of sp³-hybridized carbons (Fsp3) is 0.409. The van der Waals surface area contributed by atoms with Crippen molar-refractivity contribution in [3.05, 3.63) is 65.7 Å². The maximum Gasteiger partial charge on any atom is 0.223 e. The van der Waals surface area contributed by atoms with E-state index < -0.39 is 0 Å². The number of benzene rings is 2. The van der Waals surface area contributed by atoms with E-state index >= 15 is 0 Å². The highest BCUT2D eigenvalue weighted by Crippen LogP contribution is 2.32. The van der Waals surface area contributed by atoms with E-state index in [4.69, 9.17) is 4.74 Å². The summed E-state index contributed by atoms with van der Waals surface area (Å²) in [6.07, 6.45) is 2.71. The van der Waals surface area contributed by atoms with Gasteiger partial charge in [-0.15, -0.1) is 0 Å². The summed E-state index contributed by atoms with van der Waals surface area (Å²) in [6.45, 7) is 3.61. The van der Waals surface area contributed by atoms with Crippen LogP contribution in [0.15, 0.2) is 54.6 Å². The maximum atomic E-state index is 12.8. The molecule has 4 nitrogen and oxygen atoms in total. The molecule has 1 unspecified atom stereocenters. The molecule has 0 bridgehead atoms. The van der Waals surface area contributed by atoms with Crippen LogP contribution in [0.1, 0.15) is 36.4 Å². The van der Waals surface area contributed by atoms with Crippen LogP contribution in [0.4, 0.5) is 0 Å². The summed E-state index contributed by atoms with van der Waals surface area (Å²) < 4.78 is 5.69. The van der Waals surface area contributed by atoms with Crippen molar-refractivity contribution in [3.63, 3.8) is 0 Å². The van der Waals surface area contributed by atoms with Gasteiger partial charge in [0.15, 0.2) is 0 Å². The second-order valence-electron chi connectivity index (χ2n) is 7.27. The number of fused-ring (bicyclic) bond motifs is 1. The molecule has 2 aromatic carbocycles. The highest BCUT2D eigenvalue weighted by Gasteiger charge is 2.28. The number of amides is 1. The number of para-hydroxylation sites is 1. The van der Waals surface area contributed by atoms with Gasteiger partial charge in [-0.3, -0.25) is 9.69 Å². The average Bonchev–Trinajstić information content (AvgIpc) is 2.70. The lowest BCUT2D eigenvalue weighted by Crippen LogP contribution is -2.42.